The van der Waals surface area contributed by atoms with E-state index in [2.05, 4.69) is 43.3 Å². The summed E-state index contributed by atoms with van der Waals surface area (Å²) in [6, 6.07) is 4.89. The number of rotatable bonds is 6. The Hall–Kier alpha value is -0.380. The van der Waals surface area contributed by atoms with Crippen LogP contribution in [0.1, 0.15) is 44.4 Å². The average molecular weight is 295 g/mol. The molecule has 114 valence electrons. The van der Waals surface area contributed by atoms with Crippen LogP contribution in [0.3, 0.4) is 0 Å². The van der Waals surface area contributed by atoms with Gasteiger partial charge in [-0.1, -0.05) is 25.8 Å². The maximum Gasteiger partial charge on any atom is 0.0499 e. The van der Waals surface area contributed by atoms with Crippen molar-refractivity contribution in [3.63, 3.8) is 0 Å². The summed E-state index contributed by atoms with van der Waals surface area (Å²) in [5.41, 5.74) is 0.135. The molecule has 1 heterocycles. The van der Waals surface area contributed by atoms with Crippen molar-refractivity contribution >= 4 is 11.3 Å². The van der Waals surface area contributed by atoms with Crippen LogP contribution in [0.5, 0.6) is 0 Å². The summed E-state index contributed by atoms with van der Waals surface area (Å²) in [6.45, 7) is 6.00. The van der Waals surface area contributed by atoms with Crippen LogP contribution in [0.2, 0.25) is 0 Å². The van der Waals surface area contributed by atoms with E-state index in [0.29, 0.717) is 12.6 Å². The molecule has 0 bridgehead atoms. The van der Waals surface area contributed by atoms with E-state index in [-0.39, 0.29) is 5.41 Å². The van der Waals surface area contributed by atoms with Gasteiger partial charge < -0.3 is 10.0 Å². The fraction of sp³-hybridized carbons (Fsp3) is 0.765. The molecular formula is C17H29NOS. The van der Waals surface area contributed by atoms with Crippen LogP contribution in [0.4, 0.5) is 0 Å². The van der Waals surface area contributed by atoms with Crippen LogP contribution < -0.4 is 0 Å². The molecule has 1 N–H and O–H groups in total. The van der Waals surface area contributed by atoms with Crippen molar-refractivity contribution < 1.29 is 5.11 Å². The van der Waals surface area contributed by atoms with Gasteiger partial charge in [0, 0.05) is 29.5 Å². The van der Waals surface area contributed by atoms with Crippen molar-refractivity contribution in [2.75, 3.05) is 20.2 Å². The van der Waals surface area contributed by atoms with Gasteiger partial charge in [-0.25, -0.2) is 0 Å². The normalized spacial score (nSPS) is 28.8. The third-order valence-electron chi connectivity index (χ3n) is 4.93. The molecule has 3 unspecified atom stereocenters. The van der Waals surface area contributed by atoms with E-state index >= 15 is 0 Å². The molecule has 0 aliphatic heterocycles. The zero-order valence-corrected chi connectivity index (χ0v) is 14.0. The largest absolute Gasteiger partial charge is 0.396 e. The molecule has 1 aromatic rings. The molecule has 0 saturated heterocycles. The molecule has 2 nitrogen and oxygen atoms in total. The molecule has 1 aliphatic carbocycles. The molecule has 1 aliphatic rings. The highest BCUT2D eigenvalue weighted by Gasteiger charge is 2.36. The van der Waals surface area contributed by atoms with Gasteiger partial charge in [0.15, 0.2) is 0 Å². The smallest absolute Gasteiger partial charge is 0.0499 e. The van der Waals surface area contributed by atoms with Crippen molar-refractivity contribution in [3.8, 4) is 0 Å². The SMILES string of the molecule is CC1CCCC(CO)(CN(C)C(C)Cc2cccs2)C1. The van der Waals surface area contributed by atoms with Gasteiger partial charge in [0.1, 0.15) is 0 Å². The summed E-state index contributed by atoms with van der Waals surface area (Å²) < 4.78 is 0. The van der Waals surface area contributed by atoms with Crippen molar-refractivity contribution in [1.82, 2.24) is 4.90 Å². The molecule has 0 amide bonds. The van der Waals surface area contributed by atoms with E-state index in [4.69, 9.17) is 0 Å². The second-order valence-electron chi connectivity index (χ2n) is 6.91. The summed E-state index contributed by atoms with van der Waals surface area (Å²) in [7, 11) is 2.22. The summed E-state index contributed by atoms with van der Waals surface area (Å²) >= 11 is 1.84. The lowest BCUT2D eigenvalue weighted by atomic mass is 9.70. The zero-order valence-electron chi connectivity index (χ0n) is 13.1. The Kier molecular flexibility index (Phi) is 5.65. The third-order valence-corrected chi connectivity index (χ3v) is 5.83. The number of aliphatic hydroxyl groups is 1. The predicted molar refractivity (Wildman–Crippen MR) is 87.3 cm³/mol. The van der Waals surface area contributed by atoms with Gasteiger partial charge in [-0.3, -0.25) is 0 Å². The molecule has 1 aromatic heterocycles. The first-order valence-electron chi connectivity index (χ1n) is 7.88. The molecule has 3 heteroatoms. The van der Waals surface area contributed by atoms with E-state index in [1.807, 2.05) is 11.3 Å². The van der Waals surface area contributed by atoms with Crippen molar-refractivity contribution in [2.45, 2.75) is 52.0 Å². The lowest BCUT2D eigenvalue weighted by molar-refractivity contribution is 0.0218. The maximum absolute atomic E-state index is 9.92. The number of thiophene rings is 1. The zero-order chi connectivity index (χ0) is 14.6. The number of likely N-dealkylation sites (N-methyl/N-ethyl adjacent to an activating group) is 1. The second-order valence-corrected chi connectivity index (χ2v) is 7.94. The Labute approximate surface area is 127 Å². The van der Waals surface area contributed by atoms with E-state index in [1.165, 1.54) is 30.6 Å². The van der Waals surface area contributed by atoms with Crippen LogP contribution >= 0.6 is 11.3 Å². The van der Waals surface area contributed by atoms with Crippen LogP contribution in [-0.2, 0) is 6.42 Å². The van der Waals surface area contributed by atoms with Gasteiger partial charge in [0.2, 0.25) is 0 Å². The summed E-state index contributed by atoms with van der Waals surface area (Å²) in [4.78, 5) is 3.91. The number of hydrogen-bond acceptors (Lipinski definition) is 3. The molecule has 1 saturated carbocycles. The number of nitrogens with zero attached hydrogens (tertiary/aromatic N) is 1. The quantitative estimate of drug-likeness (QED) is 0.863. The number of hydrogen-bond donors (Lipinski definition) is 1. The Balaban J connectivity index is 1.92. The fourth-order valence-electron chi connectivity index (χ4n) is 3.67. The Morgan fingerprint density at radius 1 is 1.55 bits per heavy atom. The van der Waals surface area contributed by atoms with Crippen molar-refractivity contribution in [2.24, 2.45) is 11.3 Å². The summed E-state index contributed by atoms with van der Waals surface area (Å²) in [5.74, 6) is 0.761. The third kappa shape index (κ3) is 4.06. The van der Waals surface area contributed by atoms with Crippen LogP contribution in [0.15, 0.2) is 17.5 Å². The minimum absolute atomic E-state index is 0.135. The van der Waals surface area contributed by atoms with Crippen LogP contribution in [-0.4, -0.2) is 36.2 Å². The minimum atomic E-state index is 0.135. The first kappa shape index (κ1) is 16.0. The van der Waals surface area contributed by atoms with Crippen molar-refractivity contribution in [1.29, 1.82) is 0 Å². The molecule has 0 aromatic carbocycles. The molecule has 1 fully saturated rings. The average Bonchev–Trinajstić information content (AvgIpc) is 2.91. The van der Waals surface area contributed by atoms with Crippen LogP contribution in [0.25, 0.3) is 0 Å². The predicted octanol–water partition coefficient (Wildman–Crippen LogP) is 3.80. The Morgan fingerprint density at radius 2 is 2.35 bits per heavy atom. The van der Waals surface area contributed by atoms with Gasteiger partial charge in [0.25, 0.3) is 0 Å². The lowest BCUT2D eigenvalue weighted by Crippen LogP contribution is -2.45. The highest BCUT2D eigenvalue weighted by molar-refractivity contribution is 7.09. The molecule has 3 atom stereocenters. The highest BCUT2D eigenvalue weighted by atomic mass is 32.1. The first-order valence-corrected chi connectivity index (χ1v) is 8.76. The van der Waals surface area contributed by atoms with E-state index in [1.54, 1.807) is 0 Å². The van der Waals surface area contributed by atoms with Gasteiger partial charge >= 0.3 is 0 Å². The Morgan fingerprint density at radius 3 is 2.95 bits per heavy atom. The van der Waals surface area contributed by atoms with E-state index < -0.39 is 0 Å². The van der Waals surface area contributed by atoms with Crippen molar-refractivity contribution in [3.05, 3.63) is 22.4 Å². The molecule has 2 rings (SSSR count). The molecule has 0 spiro atoms. The van der Waals surface area contributed by atoms with Crippen LogP contribution in [0, 0.1) is 11.3 Å². The minimum Gasteiger partial charge on any atom is -0.396 e. The van der Waals surface area contributed by atoms with Gasteiger partial charge in [-0.2, -0.15) is 0 Å². The topological polar surface area (TPSA) is 23.5 Å². The first-order chi connectivity index (χ1) is 9.54. The summed E-state index contributed by atoms with van der Waals surface area (Å²) in [6.07, 6.45) is 6.08. The van der Waals surface area contributed by atoms with E-state index in [0.717, 1.165) is 18.9 Å². The fourth-order valence-corrected chi connectivity index (χ4v) is 4.49. The van der Waals surface area contributed by atoms with E-state index in [9.17, 15) is 5.11 Å². The van der Waals surface area contributed by atoms with Gasteiger partial charge in [-0.15, -0.1) is 11.3 Å². The van der Waals surface area contributed by atoms with Gasteiger partial charge in [0.05, 0.1) is 0 Å². The Bertz CT molecular complexity index is 392. The maximum atomic E-state index is 9.92. The summed E-state index contributed by atoms with van der Waals surface area (Å²) in [5, 5.41) is 12.1. The highest BCUT2D eigenvalue weighted by Crippen LogP contribution is 2.39. The second kappa shape index (κ2) is 7.06. The molecule has 20 heavy (non-hydrogen) atoms. The molecule has 0 radical (unpaired) electrons. The lowest BCUT2D eigenvalue weighted by Gasteiger charge is -2.42. The number of aliphatic hydroxyl groups excluding tert-OH is 1. The monoisotopic (exact) mass is 295 g/mol. The molecular weight excluding hydrogens is 266 g/mol. The standard InChI is InChI=1S/C17H29NOS/c1-14-6-4-8-17(11-14,13-19)12-18(3)15(2)10-16-7-5-9-20-16/h5,7,9,14-15,19H,4,6,8,10-13H2,1-3H3. The van der Waals surface area contributed by atoms with Gasteiger partial charge in [-0.05, 0) is 50.6 Å².